The molecule has 0 spiro atoms. The van der Waals surface area contributed by atoms with Crippen LogP contribution in [-0.2, 0) is 47.4 Å². The van der Waals surface area contributed by atoms with Gasteiger partial charge in [-0.1, -0.05) is 65.5 Å². The summed E-state index contributed by atoms with van der Waals surface area (Å²) in [5.74, 6) is 5.29. The Hall–Kier alpha value is -0.700. The molecule has 58 heavy (non-hydrogen) atoms. The molecule has 0 amide bonds. The van der Waals surface area contributed by atoms with Crippen LogP contribution in [0.25, 0.3) is 0 Å². The summed E-state index contributed by atoms with van der Waals surface area (Å²) in [5.41, 5.74) is 2.63. The first-order chi connectivity index (χ1) is 28.3. The van der Waals surface area contributed by atoms with Gasteiger partial charge in [-0.05, 0) is 97.7 Å². The molecular weight excluding hydrogens is 741 g/mol. The summed E-state index contributed by atoms with van der Waals surface area (Å²) in [6.07, 6.45) is 17.9. The molecule has 0 aromatic rings. The summed E-state index contributed by atoms with van der Waals surface area (Å²) >= 11 is 0. The van der Waals surface area contributed by atoms with Crippen LogP contribution in [0.5, 0.6) is 0 Å². The van der Waals surface area contributed by atoms with Crippen molar-refractivity contribution in [1.29, 1.82) is 0 Å². The highest BCUT2D eigenvalue weighted by molar-refractivity contribution is 5.25. The lowest BCUT2D eigenvalue weighted by Crippen LogP contribution is -2.51. The fourth-order valence-electron chi connectivity index (χ4n) is 11.0. The Bertz CT molecular complexity index is 1080. The van der Waals surface area contributed by atoms with Crippen LogP contribution in [0.15, 0.2) is 11.6 Å². The Morgan fingerprint density at radius 3 is 1.53 bits per heavy atom. The first kappa shape index (κ1) is 50.0. The van der Waals surface area contributed by atoms with Gasteiger partial charge in [-0.25, -0.2) is 0 Å². The fourth-order valence-corrected chi connectivity index (χ4v) is 11.0. The molecule has 11 nitrogen and oxygen atoms in total. The number of aliphatic hydroxyl groups is 1. The van der Waals surface area contributed by atoms with Crippen molar-refractivity contribution in [3.63, 3.8) is 0 Å². The van der Waals surface area contributed by atoms with Gasteiger partial charge in [0.25, 0.3) is 0 Å². The highest BCUT2D eigenvalue weighted by Gasteiger charge is 2.59. The molecule has 0 bridgehead atoms. The molecular formula is C47H86O11. The van der Waals surface area contributed by atoms with Crippen LogP contribution >= 0.6 is 0 Å². The third kappa shape index (κ3) is 16.9. The van der Waals surface area contributed by atoms with Crippen molar-refractivity contribution in [2.75, 3.05) is 132 Å². The van der Waals surface area contributed by atoms with E-state index in [0.29, 0.717) is 142 Å². The average Bonchev–Trinajstić information content (AvgIpc) is 3.57. The van der Waals surface area contributed by atoms with E-state index in [4.69, 9.17) is 52.5 Å². The summed E-state index contributed by atoms with van der Waals surface area (Å²) < 4.78 is 55.9. The van der Waals surface area contributed by atoms with Crippen LogP contribution in [0.1, 0.15) is 105 Å². The van der Waals surface area contributed by atoms with Gasteiger partial charge in [-0.3, -0.25) is 0 Å². The van der Waals surface area contributed by atoms with Crippen LogP contribution in [0.4, 0.5) is 0 Å². The molecule has 0 aromatic heterocycles. The van der Waals surface area contributed by atoms with E-state index in [-0.39, 0.29) is 6.61 Å². The van der Waals surface area contributed by atoms with Crippen LogP contribution in [0.2, 0.25) is 0 Å². The van der Waals surface area contributed by atoms with Gasteiger partial charge in [0, 0.05) is 0 Å². The van der Waals surface area contributed by atoms with Crippen LogP contribution < -0.4 is 0 Å². The molecule has 3 saturated carbocycles. The highest BCUT2D eigenvalue weighted by atomic mass is 16.6. The number of ether oxygens (including phenoxy) is 10. The van der Waals surface area contributed by atoms with Gasteiger partial charge < -0.3 is 52.5 Å². The molecule has 0 aliphatic heterocycles. The lowest BCUT2D eigenvalue weighted by atomic mass is 9.47. The normalized spacial score (nSPS) is 28.7. The second-order valence-electron chi connectivity index (χ2n) is 18.3. The zero-order chi connectivity index (χ0) is 41.3. The van der Waals surface area contributed by atoms with Gasteiger partial charge in [0.1, 0.15) is 0 Å². The zero-order valence-corrected chi connectivity index (χ0v) is 37.6. The lowest BCUT2D eigenvalue weighted by molar-refractivity contribution is -0.0692. The minimum Gasteiger partial charge on any atom is -0.394 e. The Labute approximate surface area is 353 Å². The van der Waals surface area contributed by atoms with Crippen molar-refractivity contribution < 1.29 is 52.5 Å². The van der Waals surface area contributed by atoms with Crippen molar-refractivity contribution in [3.05, 3.63) is 11.6 Å². The maximum atomic E-state index is 8.62. The van der Waals surface area contributed by atoms with Crippen molar-refractivity contribution in [1.82, 2.24) is 0 Å². The summed E-state index contributed by atoms with van der Waals surface area (Å²) in [4.78, 5) is 0. The predicted octanol–water partition coefficient (Wildman–Crippen LogP) is 7.55. The third-order valence-corrected chi connectivity index (χ3v) is 14.1. The van der Waals surface area contributed by atoms with Gasteiger partial charge in [0.2, 0.25) is 0 Å². The Morgan fingerprint density at radius 2 is 1.05 bits per heavy atom. The molecule has 8 atom stereocenters. The summed E-state index contributed by atoms with van der Waals surface area (Å²) in [5, 5.41) is 8.62. The number of rotatable bonds is 35. The van der Waals surface area contributed by atoms with E-state index in [9.17, 15) is 0 Å². The largest absolute Gasteiger partial charge is 0.394 e. The second kappa shape index (κ2) is 28.8. The van der Waals surface area contributed by atoms with Crippen LogP contribution in [-0.4, -0.2) is 143 Å². The number of allylic oxidation sites excluding steroid dienone is 1. The number of hydrogen-bond acceptors (Lipinski definition) is 11. The molecule has 0 heterocycles. The molecule has 0 aromatic carbocycles. The van der Waals surface area contributed by atoms with Crippen molar-refractivity contribution in [2.45, 2.75) is 111 Å². The van der Waals surface area contributed by atoms with Crippen molar-refractivity contribution >= 4 is 0 Å². The molecule has 340 valence electrons. The smallest absolute Gasteiger partial charge is 0.0704 e. The van der Waals surface area contributed by atoms with E-state index in [1.807, 2.05) is 0 Å². The maximum absolute atomic E-state index is 8.62. The fraction of sp³-hybridized carbons (Fsp3) is 0.957. The van der Waals surface area contributed by atoms with Gasteiger partial charge in [-0.2, -0.15) is 0 Å². The predicted molar refractivity (Wildman–Crippen MR) is 227 cm³/mol. The molecule has 4 aliphatic carbocycles. The van der Waals surface area contributed by atoms with Gasteiger partial charge in [0.15, 0.2) is 0 Å². The quantitative estimate of drug-likeness (QED) is 0.0505. The van der Waals surface area contributed by atoms with Gasteiger partial charge in [0.05, 0.1) is 138 Å². The van der Waals surface area contributed by atoms with Crippen molar-refractivity contribution in [2.24, 2.45) is 46.3 Å². The van der Waals surface area contributed by atoms with E-state index in [1.165, 1.54) is 64.2 Å². The zero-order valence-electron chi connectivity index (χ0n) is 37.6. The second-order valence-corrected chi connectivity index (χ2v) is 18.3. The number of hydrogen-bond donors (Lipinski definition) is 1. The summed E-state index contributed by atoms with van der Waals surface area (Å²) in [6.45, 7) is 22.6. The minimum absolute atomic E-state index is 0.0297. The highest BCUT2D eigenvalue weighted by Crippen LogP contribution is 2.67. The van der Waals surface area contributed by atoms with Gasteiger partial charge >= 0.3 is 0 Å². The topological polar surface area (TPSA) is 113 Å². The summed E-state index contributed by atoms with van der Waals surface area (Å²) in [6, 6.07) is 0. The molecule has 4 aliphatic rings. The maximum Gasteiger partial charge on any atom is 0.0704 e. The van der Waals surface area contributed by atoms with E-state index in [1.54, 1.807) is 5.57 Å². The molecule has 0 saturated heterocycles. The van der Waals surface area contributed by atoms with Crippen LogP contribution in [0, 0.1) is 46.3 Å². The van der Waals surface area contributed by atoms with E-state index in [2.05, 4.69) is 40.7 Å². The standard InChI is InChI=1S/C47H86O11/c1-38(2)7-6-8-39(3)43-11-12-44-42-10-9-40-37-41(13-15-46(40,4)45(42)14-16-47(43,44)5)58-36-35-57-34-33-56-32-31-55-30-29-54-28-27-53-26-25-52-24-23-51-22-21-50-20-19-49-18-17-48/h9,38-39,41-45,48H,6-8,10-37H2,1-5H3/t39-,41+,42+,43-,44+,45+,46+,47-/m1/s1. The number of aliphatic hydroxyl groups excluding tert-OH is 1. The summed E-state index contributed by atoms with van der Waals surface area (Å²) in [7, 11) is 0. The molecule has 4 rings (SSSR count). The first-order valence-corrected chi connectivity index (χ1v) is 23.4. The average molecular weight is 827 g/mol. The molecule has 3 fully saturated rings. The molecule has 0 radical (unpaired) electrons. The Morgan fingerprint density at radius 1 is 0.569 bits per heavy atom. The molecule has 11 heteroatoms. The van der Waals surface area contributed by atoms with Gasteiger partial charge in [-0.15, -0.1) is 0 Å². The monoisotopic (exact) mass is 827 g/mol. The molecule has 0 unspecified atom stereocenters. The van der Waals surface area contributed by atoms with E-state index < -0.39 is 0 Å². The SMILES string of the molecule is CC(C)CCC[C@@H](C)[C@H]1CC[C@H]2[C@@H]3CC=C4C[C@@H](OCCOCCOCCOCCOCCOCCOCCOCCOCCOCCO)CC[C@]4(C)[C@H]3CC[C@]12C. The lowest BCUT2D eigenvalue weighted by Gasteiger charge is -2.58. The first-order valence-electron chi connectivity index (χ1n) is 23.4. The van der Waals surface area contributed by atoms with Crippen molar-refractivity contribution in [3.8, 4) is 0 Å². The third-order valence-electron chi connectivity index (χ3n) is 14.1. The van der Waals surface area contributed by atoms with Crippen LogP contribution in [0.3, 0.4) is 0 Å². The van der Waals surface area contributed by atoms with E-state index in [0.717, 1.165) is 41.9 Å². The minimum atomic E-state index is 0.0297. The Balaban J connectivity index is 0.909. The Kier molecular flexibility index (Phi) is 24.8. The number of fused-ring (bicyclic) bond motifs is 5. The molecule has 1 N–H and O–H groups in total. The van der Waals surface area contributed by atoms with E-state index >= 15 is 0 Å².